The van der Waals surface area contributed by atoms with E-state index in [9.17, 15) is 9.59 Å². The van der Waals surface area contributed by atoms with Gasteiger partial charge in [-0.25, -0.2) is 4.79 Å². The van der Waals surface area contributed by atoms with Gasteiger partial charge in [-0.3, -0.25) is 4.79 Å². The first-order chi connectivity index (χ1) is 12.6. The number of hydrogen-bond acceptors (Lipinski definition) is 4. The second-order valence-electron chi connectivity index (χ2n) is 8.33. The molecule has 0 bridgehead atoms. The largest absolute Gasteiger partial charge is 0.497 e. The summed E-state index contributed by atoms with van der Waals surface area (Å²) in [6, 6.07) is 7.52. The molecule has 1 unspecified atom stereocenters. The molecule has 1 atom stereocenters. The van der Waals surface area contributed by atoms with Gasteiger partial charge in [0.15, 0.2) is 0 Å². The second-order valence-corrected chi connectivity index (χ2v) is 8.33. The van der Waals surface area contributed by atoms with Crippen LogP contribution in [0.3, 0.4) is 0 Å². The summed E-state index contributed by atoms with van der Waals surface area (Å²) in [6.07, 6.45) is 3.32. The number of alkyl carbamates (subject to hydrolysis) is 1. The molecule has 1 saturated carbocycles. The Morgan fingerprint density at radius 3 is 2.26 bits per heavy atom. The van der Waals surface area contributed by atoms with Crippen LogP contribution in [0.25, 0.3) is 0 Å². The van der Waals surface area contributed by atoms with E-state index in [0.717, 1.165) is 37.0 Å². The maximum Gasteiger partial charge on any atom is 0.407 e. The zero-order chi connectivity index (χ0) is 20.1. The third kappa shape index (κ3) is 6.15. The average molecular weight is 376 g/mol. The number of ether oxygens (including phenoxy) is 2. The Kier molecular flexibility index (Phi) is 6.73. The van der Waals surface area contributed by atoms with Crippen LogP contribution >= 0.6 is 0 Å². The summed E-state index contributed by atoms with van der Waals surface area (Å²) in [5.41, 5.74) is -0.0186. The van der Waals surface area contributed by atoms with Gasteiger partial charge in [-0.05, 0) is 58.2 Å². The molecule has 6 heteroatoms. The number of carbonyl (C=O) groups excluding carboxylic acids is 2. The zero-order valence-corrected chi connectivity index (χ0v) is 17.1. The van der Waals surface area contributed by atoms with E-state index in [1.54, 1.807) is 7.11 Å². The van der Waals surface area contributed by atoms with E-state index in [4.69, 9.17) is 9.47 Å². The van der Waals surface area contributed by atoms with E-state index >= 15 is 0 Å². The van der Waals surface area contributed by atoms with Crippen molar-refractivity contribution in [2.45, 2.75) is 70.4 Å². The summed E-state index contributed by atoms with van der Waals surface area (Å²) in [6.45, 7) is 7.76. The highest BCUT2D eigenvalue weighted by Crippen LogP contribution is 2.30. The third-order valence-electron chi connectivity index (χ3n) is 4.93. The Labute approximate surface area is 162 Å². The number of rotatable bonds is 6. The predicted octanol–water partition coefficient (Wildman–Crippen LogP) is 3.75. The lowest BCUT2D eigenvalue weighted by Crippen LogP contribution is -2.55. The molecular weight excluding hydrogens is 344 g/mol. The number of nitrogens with one attached hydrogen (secondary N) is 2. The van der Waals surface area contributed by atoms with Gasteiger partial charge in [0.25, 0.3) is 0 Å². The lowest BCUT2D eigenvalue weighted by molar-refractivity contribution is -0.124. The zero-order valence-electron chi connectivity index (χ0n) is 17.1. The molecular formula is C21H32N2O4. The van der Waals surface area contributed by atoms with Gasteiger partial charge in [0.2, 0.25) is 5.91 Å². The SMILES string of the molecule is COc1ccc(C(C)C(=O)NC2(CNC(=O)OC(C)(C)C)CCCC2)cc1. The fourth-order valence-electron chi connectivity index (χ4n) is 3.37. The van der Waals surface area contributed by atoms with Crippen LogP contribution in [0.5, 0.6) is 5.75 Å². The molecule has 1 aromatic rings. The first-order valence-corrected chi connectivity index (χ1v) is 9.57. The first kappa shape index (κ1) is 21.1. The van der Waals surface area contributed by atoms with Crippen LogP contribution in [0, 0.1) is 0 Å². The first-order valence-electron chi connectivity index (χ1n) is 9.57. The van der Waals surface area contributed by atoms with Crippen molar-refractivity contribution in [2.24, 2.45) is 0 Å². The fourth-order valence-corrected chi connectivity index (χ4v) is 3.37. The lowest BCUT2D eigenvalue weighted by atomic mass is 9.94. The molecule has 0 aliphatic heterocycles. The topological polar surface area (TPSA) is 76.7 Å². The molecule has 1 aromatic carbocycles. The molecule has 0 spiro atoms. The average Bonchev–Trinajstić information content (AvgIpc) is 3.07. The van der Waals surface area contributed by atoms with Gasteiger partial charge in [-0.15, -0.1) is 0 Å². The number of hydrogen-bond donors (Lipinski definition) is 2. The number of amides is 2. The lowest BCUT2D eigenvalue weighted by Gasteiger charge is -2.32. The number of carbonyl (C=O) groups is 2. The quantitative estimate of drug-likeness (QED) is 0.793. The molecule has 0 saturated heterocycles. The Hall–Kier alpha value is -2.24. The van der Waals surface area contributed by atoms with Crippen LogP contribution in [0.15, 0.2) is 24.3 Å². The fraction of sp³-hybridized carbons (Fsp3) is 0.619. The molecule has 2 amide bonds. The molecule has 27 heavy (non-hydrogen) atoms. The van der Waals surface area contributed by atoms with Crippen LogP contribution in [0.2, 0.25) is 0 Å². The maximum atomic E-state index is 12.8. The van der Waals surface area contributed by atoms with Crippen molar-refractivity contribution in [3.8, 4) is 5.75 Å². The normalized spacial score (nSPS) is 17.1. The van der Waals surface area contributed by atoms with Crippen molar-refractivity contribution in [1.29, 1.82) is 0 Å². The highest BCUT2D eigenvalue weighted by molar-refractivity contribution is 5.84. The van der Waals surface area contributed by atoms with Crippen molar-refractivity contribution in [3.05, 3.63) is 29.8 Å². The van der Waals surface area contributed by atoms with Gasteiger partial charge < -0.3 is 20.1 Å². The Bertz CT molecular complexity index is 643. The van der Waals surface area contributed by atoms with Gasteiger partial charge in [0, 0.05) is 6.54 Å². The Morgan fingerprint density at radius 2 is 1.74 bits per heavy atom. The van der Waals surface area contributed by atoms with Crippen LogP contribution in [0.1, 0.15) is 64.9 Å². The molecule has 2 N–H and O–H groups in total. The van der Waals surface area contributed by atoms with Crippen LogP contribution in [-0.2, 0) is 9.53 Å². The van der Waals surface area contributed by atoms with E-state index in [0.29, 0.717) is 6.54 Å². The van der Waals surface area contributed by atoms with Crippen LogP contribution < -0.4 is 15.4 Å². The molecule has 0 radical (unpaired) electrons. The second kappa shape index (κ2) is 8.63. The minimum atomic E-state index is -0.543. The highest BCUT2D eigenvalue weighted by atomic mass is 16.6. The van der Waals surface area contributed by atoms with Crippen molar-refractivity contribution < 1.29 is 19.1 Å². The summed E-state index contributed by atoms with van der Waals surface area (Å²) in [7, 11) is 1.62. The van der Waals surface area contributed by atoms with Crippen molar-refractivity contribution in [3.63, 3.8) is 0 Å². The van der Waals surface area contributed by atoms with Gasteiger partial charge in [-0.2, -0.15) is 0 Å². The van der Waals surface area contributed by atoms with Crippen LogP contribution in [-0.4, -0.2) is 36.8 Å². The van der Waals surface area contributed by atoms with Gasteiger partial charge >= 0.3 is 6.09 Å². The molecule has 2 rings (SSSR count). The van der Waals surface area contributed by atoms with Crippen molar-refractivity contribution in [2.75, 3.05) is 13.7 Å². The minimum Gasteiger partial charge on any atom is -0.497 e. The number of benzene rings is 1. The smallest absolute Gasteiger partial charge is 0.407 e. The molecule has 1 aliphatic rings. The minimum absolute atomic E-state index is 0.0342. The van der Waals surface area contributed by atoms with Crippen molar-refractivity contribution >= 4 is 12.0 Å². The maximum absolute atomic E-state index is 12.8. The summed E-state index contributed by atoms with van der Waals surface area (Å²) < 4.78 is 10.5. The standard InChI is InChI=1S/C21H32N2O4/c1-15(16-8-10-17(26-5)11-9-16)18(24)23-21(12-6-7-13-21)14-22-19(25)27-20(2,3)4/h8-11,15H,6-7,12-14H2,1-5H3,(H,22,25)(H,23,24). The van der Waals surface area contributed by atoms with E-state index in [-0.39, 0.29) is 11.8 Å². The van der Waals surface area contributed by atoms with Gasteiger partial charge in [-0.1, -0.05) is 25.0 Å². The Balaban J connectivity index is 1.99. The molecule has 6 nitrogen and oxygen atoms in total. The van der Waals surface area contributed by atoms with E-state index in [2.05, 4.69) is 10.6 Å². The van der Waals surface area contributed by atoms with E-state index in [1.807, 2.05) is 52.0 Å². The number of methoxy groups -OCH3 is 1. The predicted molar refractivity (Wildman–Crippen MR) is 105 cm³/mol. The highest BCUT2D eigenvalue weighted by Gasteiger charge is 2.37. The van der Waals surface area contributed by atoms with Gasteiger partial charge in [0.1, 0.15) is 11.4 Å². The summed E-state index contributed by atoms with van der Waals surface area (Å²) >= 11 is 0. The van der Waals surface area contributed by atoms with Crippen LogP contribution in [0.4, 0.5) is 4.79 Å². The monoisotopic (exact) mass is 376 g/mol. The molecule has 1 fully saturated rings. The Morgan fingerprint density at radius 1 is 1.15 bits per heavy atom. The van der Waals surface area contributed by atoms with Gasteiger partial charge in [0.05, 0.1) is 18.6 Å². The third-order valence-corrected chi connectivity index (χ3v) is 4.93. The molecule has 0 aromatic heterocycles. The van der Waals surface area contributed by atoms with E-state index in [1.165, 1.54) is 0 Å². The summed E-state index contributed by atoms with van der Waals surface area (Å²) in [4.78, 5) is 24.8. The summed E-state index contributed by atoms with van der Waals surface area (Å²) in [5.74, 6) is 0.447. The van der Waals surface area contributed by atoms with Crippen molar-refractivity contribution in [1.82, 2.24) is 10.6 Å². The molecule has 1 aliphatic carbocycles. The molecule has 150 valence electrons. The summed E-state index contributed by atoms with van der Waals surface area (Å²) in [5, 5.41) is 6.03. The molecule has 0 heterocycles. The van der Waals surface area contributed by atoms with E-state index < -0.39 is 17.2 Å².